The summed E-state index contributed by atoms with van der Waals surface area (Å²) >= 11 is 1.45. The van der Waals surface area contributed by atoms with E-state index in [4.69, 9.17) is 0 Å². The summed E-state index contributed by atoms with van der Waals surface area (Å²) in [5.74, 6) is 0.813. The molecular weight excluding hydrogens is 370 g/mol. The normalized spacial score (nSPS) is 14.7. The second-order valence-electron chi connectivity index (χ2n) is 7.16. The number of nitrogens with one attached hydrogen (secondary N) is 1. The zero-order chi connectivity index (χ0) is 19.7. The molecule has 7 heteroatoms. The summed E-state index contributed by atoms with van der Waals surface area (Å²) < 4.78 is 2.17. The second-order valence-corrected chi connectivity index (χ2v) is 8.47. The number of pyridine rings is 1. The predicted octanol–water partition coefficient (Wildman–Crippen LogP) is 4.41. The highest BCUT2D eigenvalue weighted by molar-refractivity contribution is 8.00. The third kappa shape index (κ3) is 3.80. The van der Waals surface area contributed by atoms with Gasteiger partial charge in [-0.15, -0.1) is 10.2 Å². The van der Waals surface area contributed by atoms with Crippen molar-refractivity contribution in [3.63, 3.8) is 0 Å². The average molecular weight is 394 g/mol. The number of amides is 1. The van der Waals surface area contributed by atoms with E-state index >= 15 is 0 Å². The summed E-state index contributed by atoms with van der Waals surface area (Å²) in [4.78, 5) is 16.9. The highest BCUT2D eigenvalue weighted by Gasteiger charge is 2.31. The van der Waals surface area contributed by atoms with Crippen LogP contribution in [0.25, 0.3) is 11.4 Å². The SMILES string of the molecule is Cc1cccc(C)c1NC(=O)[C@H](C)Sc1nnc(-c2ccncc2)n1C1CC1. The van der Waals surface area contributed by atoms with E-state index in [1.165, 1.54) is 11.8 Å². The fourth-order valence-electron chi connectivity index (χ4n) is 3.17. The lowest BCUT2D eigenvalue weighted by Gasteiger charge is -2.16. The number of thioether (sulfide) groups is 1. The molecule has 1 aliphatic rings. The molecule has 0 saturated heterocycles. The number of aromatic nitrogens is 4. The molecule has 1 aromatic carbocycles. The summed E-state index contributed by atoms with van der Waals surface area (Å²) in [7, 11) is 0. The molecule has 0 spiro atoms. The van der Waals surface area contributed by atoms with Crippen LogP contribution in [0.1, 0.15) is 36.9 Å². The monoisotopic (exact) mass is 393 g/mol. The van der Waals surface area contributed by atoms with Crippen LogP contribution in [0, 0.1) is 13.8 Å². The van der Waals surface area contributed by atoms with Crippen LogP contribution in [0.5, 0.6) is 0 Å². The summed E-state index contributed by atoms with van der Waals surface area (Å²) in [5, 5.41) is 12.4. The van der Waals surface area contributed by atoms with Crippen LogP contribution >= 0.6 is 11.8 Å². The molecule has 1 N–H and O–H groups in total. The van der Waals surface area contributed by atoms with Crippen molar-refractivity contribution in [1.29, 1.82) is 0 Å². The molecule has 2 aromatic heterocycles. The molecule has 0 bridgehead atoms. The maximum Gasteiger partial charge on any atom is 0.237 e. The quantitative estimate of drug-likeness (QED) is 0.628. The largest absolute Gasteiger partial charge is 0.325 e. The first kappa shape index (κ1) is 18.7. The number of aryl methyl sites for hydroxylation is 2. The number of nitrogens with zero attached hydrogens (tertiary/aromatic N) is 4. The topological polar surface area (TPSA) is 72.7 Å². The zero-order valence-corrected chi connectivity index (χ0v) is 17.0. The molecular formula is C21H23N5OS. The van der Waals surface area contributed by atoms with Crippen molar-refractivity contribution < 1.29 is 4.79 Å². The number of hydrogen-bond acceptors (Lipinski definition) is 5. The first-order chi connectivity index (χ1) is 13.5. The van der Waals surface area contributed by atoms with Crippen molar-refractivity contribution >= 4 is 23.4 Å². The van der Waals surface area contributed by atoms with E-state index in [-0.39, 0.29) is 11.2 Å². The van der Waals surface area contributed by atoms with Gasteiger partial charge in [-0.05, 0) is 56.9 Å². The molecule has 2 heterocycles. The Labute approximate surface area is 168 Å². The molecule has 1 amide bonds. The van der Waals surface area contributed by atoms with E-state index in [0.29, 0.717) is 6.04 Å². The summed E-state index contributed by atoms with van der Waals surface area (Å²) in [6, 6.07) is 10.3. The molecule has 1 fully saturated rings. The van der Waals surface area contributed by atoms with Crippen molar-refractivity contribution in [3.05, 3.63) is 53.9 Å². The zero-order valence-electron chi connectivity index (χ0n) is 16.2. The summed E-state index contributed by atoms with van der Waals surface area (Å²) in [6.07, 6.45) is 5.75. The Morgan fingerprint density at radius 3 is 2.46 bits per heavy atom. The number of benzene rings is 1. The highest BCUT2D eigenvalue weighted by atomic mass is 32.2. The minimum Gasteiger partial charge on any atom is -0.325 e. The molecule has 144 valence electrons. The number of carbonyl (C=O) groups excluding carboxylic acids is 1. The van der Waals surface area contributed by atoms with Crippen molar-refractivity contribution in [3.8, 4) is 11.4 Å². The van der Waals surface area contributed by atoms with E-state index in [0.717, 1.165) is 46.2 Å². The highest BCUT2D eigenvalue weighted by Crippen LogP contribution is 2.41. The molecule has 0 aliphatic heterocycles. The lowest BCUT2D eigenvalue weighted by Crippen LogP contribution is -2.23. The molecule has 6 nitrogen and oxygen atoms in total. The van der Waals surface area contributed by atoms with E-state index in [1.807, 2.05) is 51.1 Å². The standard InChI is InChI=1S/C21H23N5OS/c1-13-5-4-6-14(2)18(13)23-20(27)15(3)28-21-25-24-19(26(21)17-7-8-17)16-9-11-22-12-10-16/h4-6,9-12,15,17H,7-8H2,1-3H3,(H,23,27)/t15-/m0/s1. The van der Waals surface area contributed by atoms with Crippen LogP contribution in [0.15, 0.2) is 47.9 Å². The minimum atomic E-state index is -0.286. The van der Waals surface area contributed by atoms with E-state index in [2.05, 4.69) is 25.1 Å². The van der Waals surface area contributed by atoms with Crippen LogP contribution in [0.3, 0.4) is 0 Å². The molecule has 4 rings (SSSR count). The lowest BCUT2D eigenvalue weighted by molar-refractivity contribution is -0.115. The van der Waals surface area contributed by atoms with Gasteiger partial charge in [-0.1, -0.05) is 30.0 Å². The number of rotatable bonds is 6. The van der Waals surface area contributed by atoms with Gasteiger partial charge in [0.15, 0.2) is 11.0 Å². The van der Waals surface area contributed by atoms with E-state index < -0.39 is 0 Å². The van der Waals surface area contributed by atoms with Crippen LogP contribution in [0.4, 0.5) is 5.69 Å². The van der Waals surface area contributed by atoms with Gasteiger partial charge in [-0.2, -0.15) is 0 Å². The van der Waals surface area contributed by atoms with Gasteiger partial charge in [0, 0.05) is 29.7 Å². The Balaban J connectivity index is 1.54. The number of hydrogen-bond donors (Lipinski definition) is 1. The Morgan fingerprint density at radius 2 is 1.82 bits per heavy atom. The third-order valence-electron chi connectivity index (χ3n) is 4.90. The Hall–Kier alpha value is -2.67. The van der Waals surface area contributed by atoms with Crippen molar-refractivity contribution in [1.82, 2.24) is 19.7 Å². The average Bonchev–Trinajstić information content (AvgIpc) is 3.45. The van der Waals surface area contributed by atoms with Crippen LogP contribution in [-0.4, -0.2) is 30.9 Å². The molecule has 0 unspecified atom stereocenters. The molecule has 1 atom stereocenters. The van der Waals surface area contributed by atoms with Crippen LogP contribution < -0.4 is 5.32 Å². The number of anilines is 1. The Kier molecular flexibility index (Phi) is 5.17. The molecule has 28 heavy (non-hydrogen) atoms. The second kappa shape index (κ2) is 7.75. The Morgan fingerprint density at radius 1 is 1.14 bits per heavy atom. The molecule has 0 radical (unpaired) electrons. The van der Waals surface area contributed by atoms with Gasteiger partial charge in [-0.25, -0.2) is 0 Å². The summed E-state index contributed by atoms with van der Waals surface area (Å²) in [5.41, 5.74) is 4.01. The first-order valence-corrected chi connectivity index (χ1v) is 10.3. The first-order valence-electron chi connectivity index (χ1n) is 9.43. The van der Waals surface area contributed by atoms with Crippen LogP contribution in [-0.2, 0) is 4.79 Å². The van der Waals surface area contributed by atoms with Gasteiger partial charge in [0.2, 0.25) is 5.91 Å². The molecule has 3 aromatic rings. The smallest absolute Gasteiger partial charge is 0.237 e. The van der Waals surface area contributed by atoms with Gasteiger partial charge in [-0.3, -0.25) is 14.3 Å². The lowest BCUT2D eigenvalue weighted by atomic mass is 10.1. The summed E-state index contributed by atoms with van der Waals surface area (Å²) in [6.45, 7) is 5.92. The van der Waals surface area contributed by atoms with Crippen molar-refractivity contribution in [2.24, 2.45) is 0 Å². The molecule has 1 saturated carbocycles. The number of carbonyl (C=O) groups is 1. The maximum atomic E-state index is 12.8. The van der Waals surface area contributed by atoms with E-state index in [1.54, 1.807) is 12.4 Å². The minimum absolute atomic E-state index is 0.0294. The Bertz CT molecular complexity index is 977. The number of para-hydroxylation sites is 1. The third-order valence-corrected chi connectivity index (χ3v) is 5.95. The molecule has 1 aliphatic carbocycles. The van der Waals surface area contributed by atoms with Gasteiger partial charge in [0.25, 0.3) is 0 Å². The van der Waals surface area contributed by atoms with E-state index in [9.17, 15) is 4.79 Å². The van der Waals surface area contributed by atoms with Crippen molar-refractivity contribution in [2.75, 3.05) is 5.32 Å². The predicted molar refractivity (Wildman–Crippen MR) is 111 cm³/mol. The fourth-order valence-corrected chi connectivity index (χ4v) is 4.08. The fraction of sp³-hybridized carbons (Fsp3) is 0.333. The maximum absolute atomic E-state index is 12.8. The van der Waals surface area contributed by atoms with Gasteiger partial charge >= 0.3 is 0 Å². The van der Waals surface area contributed by atoms with Gasteiger partial charge < -0.3 is 5.32 Å². The van der Waals surface area contributed by atoms with Crippen molar-refractivity contribution in [2.45, 2.75) is 50.1 Å². The van der Waals surface area contributed by atoms with Gasteiger partial charge in [0.05, 0.1) is 5.25 Å². The van der Waals surface area contributed by atoms with Gasteiger partial charge in [0.1, 0.15) is 0 Å². The van der Waals surface area contributed by atoms with Crippen LogP contribution in [0.2, 0.25) is 0 Å².